The van der Waals surface area contributed by atoms with Crippen LogP contribution < -0.4 is 15.5 Å². The van der Waals surface area contributed by atoms with E-state index in [1.807, 2.05) is 18.2 Å². The van der Waals surface area contributed by atoms with Crippen LogP contribution in [0.3, 0.4) is 0 Å². The van der Waals surface area contributed by atoms with E-state index < -0.39 is 0 Å². The van der Waals surface area contributed by atoms with Gasteiger partial charge in [0.05, 0.1) is 5.56 Å². The highest BCUT2D eigenvalue weighted by Gasteiger charge is 2.20. The molecule has 6 heteroatoms. The summed E-state index contributed by atoms with van der Waals surface area (Å²) >= 11 is 0. The van der Waals surface area contributed by atoms with Crippen LogP contribution in [0.5, 0.6) is 0 Å². The van der Waals surface area contributed by atoms with Gasteiger partial charge in [-0.1, -0.05) is 46.5 Å². The van der Waals surface area contributed by atoms with E-state index in [9.17, 15) is 9.59 Å². The van der Waals surface area contributed by atoms with Crippen molar-refractivity contribution in [3.63, 3.8) is 0 Å². The summed E-state index contributed by atoms with van der Waals surface area (Å²) < 4.78 is 0. The molecule has 0 aromatic heterocycles. The van der Waals surface area contributed by atoms with E-state index in [2.05, 4.69) is 41.2 Å². The van der Waals surface area contributed by atoms with Crippen molar-refractivity contribution in [3.05, 3.63) is 23.8 Å². The van der Waals surface area contributed by atoms with Gasteiger partial charge in [-0.2, -0.15) is 0 Å². The highest BCUT2D eigenvalue weighted by Crippen LogP contribution is 2.27. The molecule has 1 saturated heterocycles. The fourth-order valence-electron chi connectivity index (χ4n) is 4.10. The molecule has 0 bridgehead atoms. The van der Waals surface area contributed by atoms with Crippen molar-refractivity contribution < 1.29 is 9.59 Å². The van der Waals surface area contributed by atoms with Gasteiger partial charge in [-0.05, 0) is 50.6 Å². The number of nitrogens with zero attached hydrogens (tertiary/aromatic N) is 2. The van der Waals surface area contributed by atoms with Crippen molar-refractivity contribution in [3.8, 4) is 0 Å². The molecule has 0 aliphatic carbocycles. The smallest absolute Gasteiger partial charge is 0.253 e. The van der Waals surface area contributed by atoms with Gasteiger partial charge in [0.15, 0.2) is 0 Å². The van der Waals surface area contributed by atoms with Crippen LogP contribution in [0.25, 0.3) is 0 Å². The monoisotopic (exact) mass is 430 g/mol. The van der Waals surface area contributed by atoms with Gasteiger partial charge in [0.25, 0.3) is 5.91 Å². The summed E-state index contributed by atoms with van der Waals surface area (Å²) in [6.45, 7) is 11.8. The number of nitrogens with one attached hydrogen (secondary N) is 2. The molecule has 0 spiro atoms. The van der Waals surface area contributed by atoms with Crippen LogP contribution in [0.4, 0.5) is 11.4 Å². The van der Waals surface area contributed by atoms with Gasteiger partial charge in [0.2, 0.25) is 5.91 Å². The number of hydrogen-bond donors (Lipinski definition) is 2. The number of anilines is 2. The SMILES string of the molecule is CCCCCCCC(=O)Nc1ccc(N2CCCC2)c(C(=O)NCCN(CC)CC)c1. The standard InChI is InChI=1S/C25H42N4O2/c1-4-7-8-9-10-13-24(30)27-21-14-15-23(29-17-11-12-18-29)22(20-21)25(31)26-16-19-28(5-2)6-3/h14-15,20H,4-13,16-19H2,1-3H3,(H,26,31)(H,27,30). The maximum atomic E-state index is 13.0. The molecule has 1 aromatic rings. The van der Waals surface area contributed by atoms with Gasteiger partial charge in [-0.3, -0.25) is 9.59 Å². The number of carbonyl (C=O) groups is 2. The molecule has 31 heavy (non-hydrogen) atoms. The Bertz CT molecular complexity index is 682. The number of rotatable bonds is 14. The Balaban J connectivity index is 2.01. The Kier molecular flexibility index (Phi) is 11.4. The summed E-state index contributed by atoms with van der Waals surface area (Å²) in [5.74, 6) is -0.0389. The fraction of sp³-hybridized carbons (Fsp3) is 0.680. The van der Waals surface area contributed by atoms with E-state index in [0.717, 1.165) is 64.1 Å². The molecular formula is C25H42N4O2. The highest BCUT2D eigenvalue weighted by atomic mass is 16.2. The van der Waals surface area contributed by atoms with Crippen LogP contribution in [0.15, 0.2) is 18.2 Å². The van der Waals surface area contributed by atoms with E-state index in [0.29, 0.717) is 24.2 Å². The summed E-state index contributed by atoms with van der Waals surface area (Å²) in [7, 11) is 0. The average Bonchev–Trinajstić information content (AvgIpc) is 3.31. The molecule has 2 amide bonds. The second-order valence-electron chi connectivity index (χ2n) is 8.42. The van der Waals surface area contributed by atoms with Crippen LogP contribution in [-0.2, 0) is 4.79 Å². The predicted octanol–water partition coefficient (Wildman–Crippen LogP) is 4.66. The number of likely N-dealkylation sites (N-methyl/N-ethyl adjacent to an activating group) is 1. The molecule has 1 heterocycles. The second kappa shape index (κ2) is 14.1. The van der Waals surface area contributed by atoms with Gasteiger partial charge in [0, 0.05) is 44.0 Å². The Labute approximate surface area is 188 Å². The Morgan fingerprint density at radius 2 is 1.71 bits per heavy atom. The molecule has 0 radical (unpaired) electrons. The molecule has 1 aliphatic rings. The largest absolute Gasteiger partial charge is 0.371 e. The number of amides is 2. The third-order valence-corrected chi connectivity index (χ3v) is 6.09. The maximum absolute atomic E-state index is 13.0. The second-order valence-corrected chi connectivity index (χ2v) is 8.42. The minimum atomic E-state index is -0.0651. The number of hydrogen-bond acceptors (Lipinski definition) is 4. The Morgan fingerprint density at radius 1 is 1.00 bits per heavy atom. The summed E-state index contributed by atoms with van der Waals surface area (Å²) in [4.78, 5) is 29.9. The Morgan fingerprint density at radius 3 is 2.39 bits per heavy atom. The van der Waals surface area contributed by atoms with E-state index >= 15 is 0 Å². The van der Waals surface area contributed by atoms with Crippen molar-refractivity contribution >= 4 is 23.2 Å². The van der Waals surface area contributed by atoms with Crippen LogP contribution in [0.1, 0.15) is 82.5 Å². The summed E-state index contributed by atoms with van der Waals surface area (Å²) in [6.07, 6.45) is 8.46. The lowest BCUT2D eigenvalue weighted by Gasteiger charge is -2.23. The van der Waals surface area contributed by atoms with Crippen LogP contribution in [-0.4, -0.2) is 56.0 Å². The van der Waals surface area contributed by atoms with Crippen LogP contribution in [0.2, 0.25) is 0 Å². The van der Waals surface area contributed by atoms with Crippen molar-refractivity contribution in [1.29, 1.82) is 0 Å². The minimum absolute atomic E-state index is 0.0262. The van der Waals surface area contributed by atoms with Crippen molar-refractivity contribution in [2.75, 3.05) is 49.5 Å². The molecule has 2 N–H and O–H groups in total. The molecule has 1 fully saturated rings. The van der Waals surface area contributed by atoms with Crippen molar-refractivity contribution in [2.45, 2.75) is 72.1 Å². The average molecular weight is 431 g/mol. The van der Waals surface area contributed by atoms with Gasteiger partial charge in [-0.25, -0.2) is 0 Å². The summed E-state index contributed by atoms with van der Waals surface area (Å²) in [5, 5.41) is 6.07. The zero-order valence-electron chi connectivity index (χ0n) is 19.8. The van der Waals surface area contributed by atoms with Gasteiger partial charge < -0.3 is 20.4 Å². The molecule has 1 aliphatic heterocycles. The summed E-state index contributed by atoms with van der Waals surface area (Å²) in [6, 6.07) is 5.76. The molecule has 0 unspecified atom stereocenters. The quantitative estimate of drug-likeness (QED) is 0.422. The number of unbranched alkanes of at least 4 members (excludes halogenated alkanes) is 4. The van der Waals surface area contributed by atoms with E-state index in [1.165, 1.54) is 19.3 Å². The third kappa shape index (κ3) is 8.52. The van der Waals surface area contributed by atoms with E-state index in [-0.39, 0.29) is 11.8 Å². The normalized spacial score (nSPS) is 13.6. The molecule has 0 atom stereocenters. The molecule has 6 nitrogen and oxygen atoms in total. The molecule has 0 saturated carbocycles. The number of benzene rings is 1. The molecule has 1 aromatic carbocycles. The molecule has 174 valence electrons. The van der Waals surface area contributed by atoms with Crippen LogP contribution in [0, 0.1) is 0 Å². The zero-order valence-corrected chi connectivity index (χ0v) is 19.8. The lowest BCUT2D eigenvalue weighted by molar-refractivity contribution is -0.116. The lowest BCUT2D eigenvalue weighted by atomic mass is 10.1. The Hall–Kier alpha value is -2.08. The van der Waals surface area contributed by atoms with Crippen LogP contribution >= 0.6 is 0 Å². The minimum Gasteiger partial charge on any atom is -0.371 e. The van der Waals surface area contributed by atoms with E-state index in [1.54, 1.807) is 0 Å². The van der Waals surface area contributed by atoms with Gasteiger partial charge in [0.1, 0.15) is 0 Å². The summed E-state index contributed by atoms with van der Waals surface area (Å²) in [5.41, 5.74) is 2.33. The fourth-order valence-corrected chi connectivity index (χ4v) is 4.10. The molecule has 2 rings (SSSR count). The van der Waals surface area contributed by atoms with E-state index in [4.69, 9.17) is 0 Å². The molecular weight excluding hydrogens is 388 g/mol. The third-order valence-electron chi connectivity index (χ3n) is 6.09. The number of carbonyl (C=O) groups excluding carboxylic acids is 2. The van der Waals surface area contributed by atoms with Crippen molar-refractivity contribution in [1.82, 2.24) is 10.2 Å². The predicted molar refractivity (Wildman–Crippen MR) is 130 cm³/mol. The first-order valence-corrected chi connectivity index (χ1v) is 12.3. The maximum Gasteiger partial charge on any atom is 0.253 e. The van der Waals surface area contributed by atoms with Gasteiger partial charge in [-0.15, -0.1) is 0 Å². The first-order chi connectivity index (χ1) is 15.1. The highest BCUT2D eigenvalue weighted by molar-refractivity contribution is 6.02. The topological polar surface area (TPSA) is 64.7 Å². The first-order valence-electron chi connectivity index (χ1n) is 12.3. The van der Waals surface area contributed by atoms with Crippen molar-refractivity contribution in [2.24, 2.45) is 0 Å². The van der Waals surface area contributed by atoms with Gasteiger partial charge >= 0.3 is 0 Å². The first kappa shape index (κ1) is 25.2. The zero-order chi connectivity index (χ0) is 22.5. The lowest BCUT2D eigenvalue weighted by Crippen LogP contribution is -2.35.